The number of allylic oxidation sites excluding steroid dienone is 1. The Morgan fingerprint density at radius 1 is 1.35 bits per heavy atom. The lowest BCUT2D eigenvalue weighted by Gasteiger charge is -2.14. The molecule has 2 heterocycles. The lowest BCUT2D eigenvalue weighted by molar-refractivity contribution is -0.113. The molecular weight excluding hydrogens is 426 g/mol. The summed E-state index contributed by atoms with van der Waals surface area (Å²) in [5, 5.41) is 4.39. The third-order valence-corrected chi connectivity index (χ3v) is 7.85. The molecule has 31 heavy (non-hydrogen) atoms. The zero-order chi connectivity index (χ0) is 22.0. The van der Waals surface area contributed by atoms with Gasteiger partial charge in [0.05, 0.1) is 11.1 Å². The second-order valence-electron chi connectivity index (χ2n) is 7.79. The first-order valence-corrected chi connectivity index (χ1v) is 12.5. The van der Waals surface area contributed by atoms with Crippen molar-refractivity contribution in [2.45, 2.75) is 57.7 Å². The minimum atomic E-state index is -0.0982. The molecule has 1 amide bonds. The van der Waals surface area contributed by atoms with Gasteiger partial charge in [-0.2, -0.15) is 0 Å². The van der Waals surface area contributed by atoms with Crippen molar-refractivity contribution in [1.29, 1.82) is 0 Å². The topological polar surface area (TPSA) is 64.0 Å². The summed E-state index contributed by atoms with van der Waals surface area (Å²) in [5.41, 5.74) is 4.21. The minimum Gasteiger partial charge on any atom is -0.325 e. The fraction of sp³-hybridized carbons (Fsp3) is 0.375. The van der Waals surface area contributed by atoms with Crippen LogP contribution in [0.5, 0.6) is 0 Å². The lowest BCUT2D eigenvalue weighted by atomic mass is 9.97. The van der Waals surface area contributed by atoms with Crippen LogP contribution in [0.3, 0.4) is 0 Å². The molecule has 3 aromatic rings. The molecule has 0 saturated heterocycles. The Morgan fingerprint density at radius 3 is 2.94 bits per heavy atom. The van der Waals surface area contributed by atoms with Gasteiger partial charge in [0.1, 0.15) is 4.83 Å². The van der Waals surface area contributed by atoms with Crippen LogP contribution in [0.1, 0.15) is 41.3 Å². The predicted molar refractivity (Wildman–Crippen MR) is 131 cm³/mol. The number of aromatic nitrogens is 2. The largest absolute Gasteiger partial charge is 0.325 e. The number of fused-ring (bicyclic) bond motifs is 3. The number of benzene rings is 1. The van der Waals surface area contributed by atoms with Gasteiger partial charge >= 0.3 is 0 Å². The number of carbonyl (C=O) groups excluding carboxylic acids is 1. The number of nitrogens with zero attached hydrogens (tertiary/aromatic N) is 2. The highest BCUT2D eigenvalue weighted by atomic mass is 32.2. The van der Waals surface area contributed by atoms with Crippen LogP contribution in [0.4, 0.5) is 5.69 Å². The average Bonchev–Trinajstić information content (AvgIpc) is 3.14. The molecule has 2 aromatic heterocycles. The van der Waals surface area contributed by atoms with E-state index in [1.54, 1.807) is 22.0 Å². The van der Waals surface area contributed by atoms with Crippen molar-refractivity contribution in [2.75, 3.05) is 11.1 Å². The Labute approximate surface area is 190 Å². The van der Waals surface area contributed by atoms with Crippen LogP contribution in [0.25, 0.3) is 10.2 Å². The molecular formula is C24H27N3O2S2. The fourth-order valence-corrected chi connectivity index (χ4v) is 6.24. The van der Waals surface area contributed by atoms with Gasteiger partial charge in [0, 0.05) is 17.1 Å². The zero-order valence-corrected chi connectivity index (χ0v) is 19.6. The van der Waals surface area contributed by atoms with Crippen LogP contribution in [0.2, 0.25) is 0 Å². The molecule has 1 aromatic carbocycles. The molecule has 1 N–H and O–H groups in total. The number of thioether (sulfide) groups is 1. The second kappa shape index (κ2) is 9.40. The summed E-state index contributed by atoms with van der Waals surface area (Å²) in [7, 11) is 0. The maximum Gasteiger partial charge on any atom is 0.263 e. The molecule has 4 rings (SSSR count). The first kappa shape index (κ1) is 21.8. The lowest BCUT2D eigenvalue weighted by Crippen LogP contribution is -2.24. The van der Waals surface area contributed by atoms with Crippen molar-refractivity contribution in [1.82, 2.24) is 9.55 Å². The highest BCUT2D eigenvalue weighted by Crippen LogP contribution is 2.34. The van der Waals surface area contributed by atoms with Crippen molar-refractivity contribution in [3.63, 3.8) is 0 Å². The molecule has 5 nitrogen and oxygen atoms in total. The van der Waals surface area contributed by atoms with Gasteiger partial charge in [-0.15, -0.1) is 17.9 Å². The summed E-state index contributed by atoms with van der Waals surface area (Å²) in [5.74, 6) is 0.0940. The highest BCUT2D eigenvalue weighted by molar-refractivity contribution is 7.99. The standard InChI is InChI=1S/C24H27N3O2S2/c1-4-13-27-23(29)20-17-11-6-7-12-18(17)31-22(20)26-24(27)30-14-19(28)25-21-15(3)9-8-10-16(21)5-2/h4,8-10H,1,5-7,11-14H2,2-3H3,(H,25,28). The van der Waals surface area contributed by atoms with Gasteiger partial charge in [0.15, 0.2) is 5.16 Å². The molecule has 0 bridgehead atoms. The van der Waals surface area contributed by atoms with Crippen molar-refractivity contribution in [3.05, 3.63) is 62.8 Å². The van der Waals surface area contributed by atoms with Crippen LogP contribution in [-0.2, 0) is 30.6 Å². The maximum absolute atomic E-state index is 13.3. The van der Waals surface area contributed by atoms with E-state index in [0.717, 1.165) is 52.7 Å². The number of anilines is 1. The number of carbonyl (C=O) groups is 1. The summed E-state index contributed by atoms with van der Waals surface area (Å²) in [4.78, 5) is 32.9. The van der Waals surface area contributed by atoms with Crippen LogP contribution in [0.15, 0.2) is 40.8 Å². The molecule has 1 aliphatic rings. The third kappa shape index (κ3) is 4.34. The van der Waals surface area contributed by atoms with Crippen LogP contribution >= 0.6 is 23.1 Å². The Hall–Kier alpha value is -2.38. The van der Waals surface area contributed by atoms with Gasteiger partial charge in [-0.1, -0.05) is 43.0 Å². The van der Waals surface area contributed by atoms with E-state index in [1.807, 2.05) is 25.1 Å². The first-order chi connectivity index (χ1) is 15.0. The first-order valence-electron chi connectivity index (χ1n) is 10.7. The van der Waals surface area contributed by atoms with E-state index in [0.29, 0.717) is 11.7 Å². The third-order valence-electron chi connectivity index (χ3n) is 5.69. The molecule has 7 heteroatoms. The summed E-state index contributed by atoms with van der Waals surface area (Å²) in [6.07, 6.45) is 6.82. The smallest absolute Gasteiger partial charge is 0.263 e. The second-order valence-corrected chi connectivity index (χ2v) is 9.82. The Kier molecular flexibility index (Phi) is 6.62. The average molecular weight is 454 g/mol. The molecule has 0 fully saturated rings. The predicted octanol–water partition coefficient (Wildman–Crippen LogP) is 5.12. The van der Waals surface area contributed by atoms with Crippen LogP contribution in [0, 0.1) is 6.92 Å². The van der Waals surface area contributed by atoms with Crippen molar-refractivity contribution in [2.24, 2.45) is 0 Å². The van der Waals surface area contributed by atoms with E-state index in [2.05, 4.69) is 18.8 Å². The number of aryl methyl sites for hydroxylation is 4. The number of thiophene rings is 1. The van der Waals surface area contributed by atoms with Crippen molar-refractivity contribution >= 4 is 44.9 Å². The quantitative estimate of drug-likeness (QED) is 0.306. The number of nitrogens with one attached hydrogen (secondary N) is 1. The number of para-hydroxylation sites is 1. The molecule has 162 valence electrons. The number of hydrogen-bond donors (Lipinski definition) is 1. The van der Waals surface area contributed by atoms with Crippen molar-refractivity contribution < 1.29 is 4.79 Å². The van der Waals surface area contributed by atoms with Crippen molar-refractivity contribution in [3.8, 4) is 0 Å². The number of hydrogen-bond acceptors (Lipinski definition) is 5. The van der Waals surface area contributed by atoms with E-state index in [9.17, 15) is 9.59 Å². The van der Waals surface area contributed by atoms with Gasteiger partial charge in [0.25, 0.3) is 5.56 Å². The van der Waals surface area contributed by atoms with E-state index < -0.39 is 0 Å². The van der Waals surface area contributed by atoms with E-state index in [4.69, 9.17) is 4.98 Å². The number of rotatable bonds is 7. The molecule has 0 unspecified atom stereocenters. The molecule has 0 saturated carbocycles. The summed E-state index contributed by atoms with van der Waals surface area (Å²) >= 11 is 2.94. The van der Waals surface area contributed by atoms with Crippen LogP contribution in [-0.4, -0.2) is 21.2 Å². The number of amides is 1. The normalized spacial score (nSPS) is 13.2. The van der Waals surface area contributed by atoms with E-state index in [-0.39, 0.29) is 17.2 Å². The van der Waals surface area contributed by atoms with E-state index >= 15 is 0 Å². The van der Waals surface area contributed by atoms with E-state index in [1.165, 1.54) is 28.6 Å². The van der Waals surface area contributed by atoms with Gasteiger partial charge in [-0.3, -0.25) is 14.2 Å². The SMILES string of the molecule is C=CCn1c(SCC(=O)Nc2c(C)cccc2CC)nc2sc3c(c2c1=O)CCCC3. The summed E-state index contributed by atoms with van der Waals surface area (Å²) in [6, 6.07) is 6.04. The molecule has 0 spiro atoms. The maximum atomic E-state index is 13.3. The monoisotopic (exact) mass is 453 g/mol. The fourth-order valence-electron chi connectivity index (χ4n) is 4.13. The summed E-state index contributed by atoms with van der Waals surface area (Å²) < 4.78 is 1.65. The zero-order valence-electron chi connectivity index (χ0n) is 18.0. The molecule has 0 atom stereocenters. The Morgan fingerprint density at radius 2 is 2.16 bits per heavy atom. The summed E-state index contributed by atoms with van der Waals surface area (Å²) in [6.45, 7) is 8.26. The van der Waals surface area contributed by atoms with Gasteiger partial charge in [0.2, 0.25) is 5.91 Å². The highest BCUT2D eigenvalue weighted by Gasteiger charge is 2.22. The molecule has 0 radical (unpaired) electrons. The van der Waals surface area contributed by atoms with Gasteiger partial charge in [-0.05, 0) is 55.7 Å². The van der Waals surface area contributed by atoms with Gasteiger partial charge in [-0.25, -0.2) is 4.98 Å². The van der Waals surface area contributed by atoms with Crippen LogP contribution < -0.4 is 10.9 Å². The minimum absolute atomic E-state index is 0.0145. The van der Waals surface area contributed by atoms with Gasteiger partial charge < -0.3 is 5.32 Å². The Bertz CT molecular complexity index is 1210. The molecule has 1 aliphatic carbocycles. The molecule has 0 aliphatic heterocycles. The Balaban J connectivity index is 1.61.